The Kier molecular flexibility index (Phi) is 4.08. The molecule has 1 aromatic heterocycles. The highest BCUT2D eigenvalue weighted by molar-refractivity contribution is 9.10. The van der Waals surface area contributed by atoms with Gasteiger partial charge in [-0.15, -0.1) is 0 Å². The first-order valence-electron chi connectivity index (χ1n) is 5.02. The van der Waals surface area contributed by atoms with Gasteiger partial charge in [0, 0.05) is 16.2 Å². The van der Waals surface area contributed by atoms with Gasteiger partial charge in [-0.2, -0.15) is 0 Å². The summed E-state index contributed by atoms with van der Waals surface area (Å²) in [6, 6.07) is 1.27. The molecule has 4 nitrogen and oxygen atoms in total. The topological polar surface area (TPSA) is 53.4 Å². The highest BCUT2D eigenvalue weighted by atomic mass is 79.9. The number of rotatable bonds is 2. The monoisotopic (exact) mass is 304 g/mol. The Balaban J connectivity index is 2.98. The smallest absolute Gasteiger partial charge is 0.408 e. The molecule has 0 radical (unpaired) electrons. The second-order valence-corrected chi connectivity index (χ2v) is 5.54. The van der Waals surface area contributed by atoms with E-state index in [0.29, 0.717) is 4.47 Å². The third-order valence-electron chi connectivity index (χ3n) is 2.23. The van der Waals surface area contributed by atoms with Gasteiger partial charge in [0.05, 0.1) is 12.2 Å². The zero-order valence-electron chi connectivity index (χ0n) is 9.87. The van der Waals surface area contributed by atoms with Crippen LogP contribution in [0.5, 0.6) is 0 Å². The highest BCUT2D eigenvalue weighted by Crippen LogP contribution is 2.19. The van der Waals surface area contributed by atoms with Crippen molar-refractivity contribution < 1.29 is 14.3 Å². The van der Waals surface area contributed by atoms with Crippen molar-refractivity contribution in [3.63, 3.8) is 0 Å². The van der Waals surface area contributed by atoms with E-state index in [1.807, 2.05) is 0 Å². The minimum absolute atomic E-state index is 0.0715. The molecule has 1 rings (SSSR count). The molecule has 0 fully saturated rings. The Bertz CT molecular complexity index is 432. The fourth-order valence-electron chi connectivity index (χ4n) is 1.30. The van der Waals surface area contributed by atoms with Gasteiger partial charge in [0.25, 0.3) is 0 Å². The molecule has 1 N–H and O–H groups in total. The molecule has 1 aromatic rings. The number of aromatic nitrogens is 1. The molecular weight excluding hydrogens is 291 g/mol. The van der Waals surface area contributed by atoms with Gasteiger partial charge in [0.2, 0.25) is 0 Å². The summed E-state index contributed by atoms with van der Waals surface area (Å²) in [5.41, 5.74) is -0.488. The second kappa shape index (κ2) is 5.00. The number of hydrogen-bond donors (Lipinski definition) is 1. The SMILES string of the molecule is CC(C)(C)N(Cc1ncc(Br)cc1F)C(=O)O. The minimum Gasteiger partial charge on any atom is -0.465 e. The molecule has 0 spiro atoms. The summed E-state index contributed by atoms with van der Waals surface area (Å²) in [6.07, 6.45) is 0.350. The predicted octanol–water partition coefficient (Wildman–Crippen LogP) is 3.26. The van der Waals surface area contributed by atoms with E-state index >= 15 is 0 Å². The van der Waals surface area contributed by atoms with Crippen LogP contribution in [-0.4, -0.2) is 26.6 Å². The van der Waals surface area contributed by atoms with Crippen molar-refractivity contribution in [3.05, 3.63) is 28.2 Å². The summed E-state index contributed by atoms with van der Waals surface area (Å²) >= 11 is 3.10. The lowest BCUT2D eigenvalue weighted by molar-refractivity contribution is 0.0939. The summed E-state index contributed by atoms with van der Waals surface area (Å²) in [6.45, 7) is 5.17. The molecule has 17 heavy (non-hydrogen) atoms. The lowest BCUT2D eigenvalue weighted by Gasteiger charge is -2.32. The number of pyridine rings is 1. The van der Waals surface area contributed by atoms with Crippen LogP contribution < -0.4 is 0 Å². The summed E-state index contributed by atoms with van der Waals surface area (Å²) in [7, 11) is 0. The van der Waals surface area contributed by atoms with Crippen molar-refractivity contribution in [2.45, 2.75) is 32.9 Å². The molecule has 0 bridgehead atoms. The van der Waals surface area contributed by atoms with E-state index in [0.717, 1.165) is 4.90 Å². The van der Waals surface area contributed by atoms with Crippen molar-refractivity contribution in [2.75, 3.05) is 0 Å². The van der Waals surface area contributed by atoms with E-state index in [1.165, 1.54) is 12.3 Å². The number of carboxylic acid groups (broad SMARTS) is 1. The Morgan fingerprint density at radius 2 is 2.18 bits per heavy atom. The summed E-state index contributed by atoms with van der Waals surface area (Å²) < 4.78 is 14.1. The van der Waals surface area contributed by atoms with E-state index in [4.69, 9.17) is 5.11 Å². The summed E-state index contributed by atoms with van der Waals surface area (Å²) in [4.78, 5) is 16.1. The van der Waals surface area contributed by atoms with Crippen molar-refractivity contribution in [1.82, 2.24) is 9.88 Å². The third kappa shape index (κ3) is 3.66. The molecule has 1 amide bonds. The lowest BCUT2D eigenvalue weighted by atomic mass is 10.1. The number of carbonyl (C=O) groups is 1. The van der Waals surface area contributed by atoms with Crippen molar-refractivity contribution >= 4 is 22.0 Å². The molecule has 0 saturated carbocycles. The number of hydrogen-bond acceptors (Lipinski definition) is 2. The summed E-state index contributed by atoms with van der Waals surface area (Å²) in [5.74, 6) is -0.519. The molecule has 0 aliphatic rings. The maximum Gasteiger partial charge on any atom is 0.408 e. The van der Waals surface area contributed by atoms with Crippen LogP contribution >= 0.6 is 15.9 Å². The van der Waals surface area contributed by atoms with Gasteiger partial charge in [-0.3, -0.25) is 9.88 Å². The standard InChI is InChI=1S/C11H14BrFN2O2/c1-11(2,3)15(10(16)17)6-9-8(13)4-7(12)5-14-9/h4-5H,6H2,1-3H3,(H,16,17). The average molecular weight is 305 g/mol. The zero-order chi connectivity index (χ0) is 13.2. The van der Waals surface area contributed by atoms with E-state index < -0.39 is 17.4 Å². The molecule has 94 valence electrons. The molecule has 0 aliphatic heterocycles. The van der Waals surface area contributed by atoms with E-state index in [2.05, 4.69) is 20.9 Å². The molecule has 0 atom stereocenters. The first kappa shape index (κ1) is 13.9. The molecular formula is C11H14BrFN2O2. The fraction of sp³-hybridized carbons (Fsp3) is 0.455. The van der Waals surface area contributed by atoms with Gasteiger partial charge in [-0.1, -0.05) is 0 Å². The van der Waals surface area contributed by atoms with Gasteiger partial charge in [0.1, 0.15) is 5.82 Å². The second-order valence-electron chi connectivity index (χ2n) is 4.62. The van der Waals surface area contributed by atoms with E-state index in [9.17, 15) is 9.18 Å². The van der Waals surface area contributed by atoms with Gasteiger partial charge in [-0.05, 0) is 42.8 Å². The fourth-order valence-corrected chi connectivity index (χ4v) is 1.60. The Labute approximate surface area is 108 Å². The zero-order valence-corrected chi connectivity index (χ0v) is 11.5. The normalized spacial score (nSPS) is 11.4. The van der Waals surface area contributed by atoms with Crippen LogP contribution in [-0.2, 0) is 6.54 Å². The largest absolute Gasteiger partial charge is 0.465 e. The number of amides is 1. The van der Waals surface area contributed by atoms with Crippen molar-refractivity contribution in [2.24, 2.45) is 0 Å². The predicted molar refractivity (Wildman–Crippen MR) is 65.2 cm³/mol. The van der Waals surface area contributed by atoms with Gasteiger partial charge in [0.15, 0.2) is 0 Å². The van der Waals surface area contributed by atoms with Crippen LogP contribution in [0.25, 0.3) is 0 Å². The summed E-state index contributed by atoms with van der Waals surface area (Å²) in [5, 5.41) is 9.08. The third-order valence-corrected chi connectivity index (χ3v) is 2.67. The van der Waals surface area contributed by atoms with Crippen LogP contribution in [0.3, 0.4) is 0 Å². The van der Waals surface area contributed by atoms with Crippen LogP contribution in [0.4, 0.5) is 9.18 Å². The first-order valence-corrected chi connectivity index (χ1v) is 5.81. The number of halogens is 2. The van der Waals surface area contributed by atoms with Gasteiger partial charge in [-0.25, -0.2) is 9.18 Å². The van der Waals surface area contributed by atoms with Crippen LogP contribution in [0.1, 0.15) is 26.5 Å². The van der Waals surface area contributed by atoms with E-state index in [-0.39, 0.29) is 12.2 Å². The molecule has 0 unspecified atom stereocenters. The molecule has 6 heteroatoms. The average Bonchev–Trinajstić information content (AvgIpc) is 2.13. The van der Waals surface area contributed by atoms with Gasteiger partial charge >= 0.3 is 6.09 Å². The minimum atomic E-state index is -1.10. The molecule has 0 aliphatic carbocycles. The Morgan fingerprint density at radius 1 is 1.59 bits per heavy atom. The van der Waals surface area contributed by atoms with Crippen molar-refractivity contribution in [3.8, 4) is 0 Å². The quantitative estimate of drug-likeness (QED) is 0.912. The molecule has 0 aromatic carbocycles. The maximum atomic E-state index is 13.6. The lowest BCUT2D eigenvalue weighted by Crippen LogP contribution is -2.44. The Hall–Kier alpha value is -1.17. The first-order chi connectivity index (χ1) is 7.71. The van der Waals surface area contributed by atoms with Crippen molar-refractivity contribution in [1.29, 1.82) is 0 Å². The van der Waals surface area contributed by atoms with Gasteiger partial charge < -0.3 is 5.11 Å². The highest BCUT2D eigenvalue weighted by Gasteiger charge is 2.27. The Morgan fingerprint density at radius 3 is 2.59 bits per heavy atom. The molecule has 1 heterocycles. The van der Waals surface area contributed by atoms with Crippen LogP contribution in [0, 0.1) is 5.82 Å². The molecule has 0 saturated heterocycles. The van der Waals surface area contributed by atoms with E-state index in [1.54, 1.807) is 20.8 Å². The number of nitrogens with zero attached hydrogens (tertiary/aromatic N) is 2. The maximum absolute atomic E-state index is 13.6. The van der Waals surface area contributed by atoms with Crippen LogP contribution in [0.2, 0.25) is 0 Å². The van der Waals surface area contributed by atoms with Crippen LogP contribution in [0.15, 0.2) is 16.7 Å².